The van der Waals surface area contributed by atoms with Crippen LogP contribution in [0.25, 0.3) is 0 Å². The highest BCUT2D eigenvalue weighted by molar-refractivity contribution is 9.10. The molecule has 0 spiro atoms. The molecule has 0 radical (unpaired) electrons. The minimum Gasteiger partial charge on any atom is -0.462 e. The molecule has 0 heterocycles. The summed E-state index contributed by atoms with van der Waals surface area (Å²) in [6.45, 7) is 1.92. The molecule has 18 heavy (non-hydrogen) atoms. The SMILES string of the molecule is CCOC(=O)c1ccc(OC(F)(F)C(Cl)Br)cc1. The van der Waals surface area contributed by atoms with Crippen molar-refractivity contribution in [3.8, 4) is 5.75 Å². The number of carbonyl (C=O) groups is 1. The molecule has 0 fully saturated rings. The van der Waals surface area contributed by atoms with Gasteiger partial charge in [0, 0.05) is 0 Å². The van der Waals surface area contributed by atoms with Crippen molar-refractivity contribution in [2.75, 3.05) is 6.61 Å². The lowest BCUT2D eigenvalue weighted by molar-refractivity contribution is -0.161. The average molecular weight is 344 g/mol. The first kappa shape index (κ1) is 15.2. The zero-order valence-electron chi connectivity index (χ0n) is 9.33. The van der Waals surface area contributed by atoms with E-state index in [4.69, 9.17) is 16.3 Å². The molecule has 0 saturated heterocycles. The third-order valence-electron chi connectivity index (χ3n) is 1.87. The summed E-state index contributed by atoms with van der Waals surface area (Å²) in [5.41, 5.74) is 0.258. The molecule has 1 aromatic carbocycles. The highest BCUT2D eigenvalue weighted by Gasteiger charge is 2.39. The molecule has 0 N–H and O–H groups in total. The van der Waals surface area contributed by atoms with Crippen LogP contribution < -0.4 is 4.74 Å². The van der Waals surface area contributed by atoms with Crippen molar-refractivity contribution in [3.05, 3.63) is 29.8 Å². The lowest BCUT2D eigenvalue weighted by Crippen LogP contribution is -2.31. The second kappa shape index (κ2) is 6.33. The fourth-order valence-corrected chi connectivity index (χ4v) is 1.21. The van der Waals surface area contributed by atoms with Gasteiger partial charge in [0.25, 0.3) is 0 Å². The van der Waals surface area contributed by atoms with Gasteiger partial charge in [0.15, 0.2) is 4.29 Å². The number of rotatable bonds is 5. The van der Waals surface area contributed by atoms with E-state index in [1.165, 1.54) is 24.3 Å². The van der Waals surface area contributed by atoms with Gasteiger partial charge in [-0.1, -0.05) is 27.5 Å². The molecule has 100 valence electrons. The van der Waals surface area contributed by atoms with Crippen molar-refractivity contribution in [1.82, 2.24) is 0 Å². The van der Waals surface area contributed by atoms with Crippen LogP contribution in [0.2, 0.25) is 0 Å². The van der Waals surface area contributed by atoms with E-state index in [1.54, 1.807) is 6.92 Å². The van der Waals surface area contributed by atoms with Gasteiger partial charge in [0.05, 0.1) is 12.2 Å². The molecule has 0 bridgehead atoms. The van der Waals surface area contributed by atoms with Crippen molar-refractivity contribution < 1.29 is 23.0 Å². The molecular formula is C11H10BrClF2O3. The van der Waals surface area contributed by atoms with E-state index in [0.717, 1.165) is 0 Å². The van der Waals surface area contributed by atoms with Crippen molar-refractivity contribution in [2.24, 2.45) is 0 Å². The van der Waals surface area contributed by atoms with E-state index < -0.39 is 16.4 Å². The quantitative estimate of drug-likeness (QED) is 0.603. The summed E-state index contributed by atoms with van der Waals surface area (Å²) in [5.74, 6) is -0.621. The summed E-state index contributed by atoms with van der Waals surface area (Å²) in [4.78, 5) is 11.3. The van der Waals surface area contributed by atoms with Crippen LogP contribution in [0.5, 0.6) is 5.75 Å². The molecule has 0 aliphatic carbocycles. The van der Waals surface area contributed by atoms with E-state index in [2.05, 4.69) is 20.7 Å². The summed E-state index contributed by atoms with van der Waals surface area (Å²) in [7, 11) is 0. The predicted octanol–water partition coefficient (Wildman–Crippen LogP) is 3.79. The van der Waals surface area contributed by atoms with Crippen molar-refractivity contribution in [2.45, 2.75) is 17.3 Å². The first-order valence-corrected chi connectivity index (χ1v) is 6.34. The van der Waals surface area contributed by atoms with Crippen LogP contribution in [0.1, 0.15) is 17.3 Å². The maximum absolute atomic E-state index is 13.1. The number of carbonyl (C=O) groups excluding carboxylic acids is 1. The van der Waals surface area contributed by atoms with Gasteiger partial charge in [-0.3, -0.25) is 0 Å². The van der Waals surface area contributed by atoms with Gasteiger partial charge in [0.2, 0.25) is 0 Å². The first-order chi connectivity index (χ1) is 8.36. The number of alkyl halides is 4. The van der Waals surface area contributed by atoms with Crippen LogP contribution in [-0.4, -0.2) is 23.0 Å². The van der Waals surface area contributed by atoms with E-state index in [1.807, 2.05) is 0 Å². The molecule has 0 aliphatic heterocycles. The monoisotopic (exact) mass is 342 g/mol. The van der Waals surface area contributed by atoms with Gasteiger partial charge in [-0.05, 0) is 31.2 Å². The molecule has 3 nitrogen and oxygen atoms in total. The predicted molar refractivity (Wildman–Crippen MR) is 66.5 cm³/mol. The summed E-state index contributed by atoms with van der Waals surface area (Å²) in [6.07, 6.45) is -3.55. The second-order valence-electron chi connectivity index (χ2n) is 3.21. The zero-order chi connectivity index (χ0) is 13.8. The normalized spacial score (nSPS) is 12.9. The Bertz CT molecular complexity index is 409. The standard InChI is InChI=1S/C11H10BrClF2O3/c1-2-17-9(16)7-3-5-8(6-4-7)18-11(14,15)10(12)13/h3-6,10H,2H2,1H3. The minimum atomic E-state index is -3.55. The Balaban J connectivity index is 2.75. The van der Waals surface area contributed by atoms with Crippen LogP contribution in [0.15, 0.2) is 24.3 Å². The van der Waals surface area contributed by atoms with Gasteiger partial charge in [-0.2, -0.15) is 8.78 Å². The van der Waals surface area contributed by atoms with Gasteiger partial charge in [0.1, 0.15) is 5.75 Å². The Labute approximate surface area is 116 Å². The lowest BCUT2D eigenvalue weighted by atomic mass is 10.2. The number of benzene rings is 1. The Kier molecular flexibility index (Phi) is 5.34. The highest BCUT2D eigenvalue weighted by atomic mass is 79.9. The third-order valence-corrected chi connectivity index (χ3v) is 2.66. The fourth-order valence-electron chi connectivity index (χ4n) is 1.08. The minimum absolute atomic E-state index is 0.0989. The first-order valence-electron chi connectivity index (χ1n) is 4.99. The van der Waals surface area contributed by atoms with Crippen LogP contribution in [0, 0.1) is 0 Å². The van der Waals surface area contributed by atoms with Crippen LogP contribution >= 0.6 is 27.5 Å². The van der Waals surface area contributed by atoms with E-state index in [-0.39, 0.29) is 17.9 Å². The maximum Gasteiger partial charge on any atom is 0.424 e. The van der Waals surface area contributed by atoms with Gasteiger partial charge in [-0.15, -0.1) is 0 Å². The second-order valence-corrected chi connectivity index (χ2v) is 5.09. The number of hydrogen-bond acceptors (Lipinski definition) is 3. The number of hydrogen-bond donors (Lipinski definition) is 0. The van der Waals surface area contributed by atoms with Gasteiger partial charge >= 0.3 is 12.1 Å². The molecule has 1 atom stereocenters. The van der Waals surface area contributed by atoms with Crippen molar-refractivity contribution in [3.63, 3.8) is 0 Å². The molecule has 1 rings (SSSR count). The zero-order valence-corrected chi connectivity index (χ0v) is 11.7. The number of ether oxygens (including phenoxy) is 2. The molecule has 0 aromatic heterocycles. The Morgan fingerprint density at radius 1 is 1.44 bits per heavy atom. The van der Waals surface area contributed by atoms with Crippen molar-refractivity contribution >= 4 is 33.5 Å². The topological polar surface area (TPSA) is 35.5 Å². The Hall–Kier alpha value is -0.880. The fraction of sp³-hybridized carbons (Fsp3) is 0.364. The van der Waals surface area contributed by atoms with Crippen molar-refractivity contribution in [1.29, 1.82) is 0 Å². The molecule has 0 saturated carbocycles. The summed E-state index contributed by atoms with van der Waals surface area (Å²) in [6, 6.07) is 5.15. The summed E-state index contributed by atoms with van der Waals surface area (Å²) >= 11 is 7.74. The summed E-state index contributed by atoms with van der Waals surface area (Å²) in [5, 5.41) is 0. The molecule has 0 aliphatic rings. The van der Waals surface area contributed by atoms with E-state index in [0.29, 0.717) is 0 Å². The van der Waals surface area contributed by atoms with Gasteiger partial charge in [-0.25, -0.2) is 4.79 Å². The highest BCUT2D eigenvalue weighted by Crippen LogP contribution is 2.31. The van der Waals surface area contributed by atoms with E-state index >= 15 is 0 Å². The lowest BCUT2D eigenvalue weighted by Gasteiger charge is -2.18. The van der Waals surface area contributed by atoms with Crippen LogP contribution in [0.3, 0.4) is 0 Å². The summed E-state index contributed by atoms with van der Waals surface area (Å²) < 4.78 is 33.7. The van der Waals surface area contributed by atoms with Crippen LogP contribution in [0.4, 0.5) is 8.78 Å². The smallest absolute Gasteiger partial charge is 0.424 e. The molecular weight excluding hydrogens is 333 g/mol. The number of esters is 1. The Morgan fingerprint density at radius 2 is 2.00 bits per heavy atom. The van der Waals surface area contributed by atoms with Gasteiger partial charge < -0.3 is 9.47 Å². The molecule has 1 unspecified atom stereocenters. The average Bonchev–Trinajstić information content (AvgIpc) is 2.29. The molecule has 1 aromatic rings. The maximum atomic E-state index is 13.1. The molecule has 0 amide bonds. The molecule has 7 heteroatoms. The number of halogens is 4. The Morgan fingerprint density at radius 3 is 2.44 bits per heavy atom. The van der Waals surface area contributed by atoms with Crippen LogP contribution in [-0.2, 0) is 4.74 Å². The largest absolute Gasteiger partial charge is 0.462 e. The van der Waals surface area contributed by atoms with E-state index in [9.17, 15) is 13.6 Å². The third kappa shape index (κ3) is 4.10.